The quantitative estimate of drug-likeness (QED) is 0.728. The summed E-state index contributed by atoms with van der Waals surface area (Å²) in [6.45, 7) is 4.93. The van der Waals surface area contributed by atoms with Gasteiger partial charge in [0.1, 0.15) is 5.82 Å². The van der Waals surface area contributed by atoms with Crippen molar-refractivity contribution < 1.29 is 0 Å². The van der Waals surface area contributed by atoms with E-state index in [-0.39, 0.29) is 0 Å². The van der Waals surface area contributed by atoms with E-state index in [1.165, 1.54) is 27.9 Å². The summed E-state index contributed by atoms with van der Waals surface area (Å²) in [5.41, 5.74) is 5.16. The van der Waals surface area contributed by atoms with Crippen LogP contribution >= 0.6 is 0 Å². The summed E-state index contributed by atoms with van der Waals surface area (Å²) in [4.78, 5) is 11.4. The molecule has 3 aromatic rings. The summed E-state index contributed by atoms with van der Waals surface area (Å²) < 4.78 is 2.30. The largest absolute Gasteiger partial charge is 0.346 e. The van der Waals surface area contributed by atoms with E-state index in [1.807, 2.05) is 13.1 Å². The normalized spacial score (nSPS) is 15.2. The van der Waals surface area contributed by atoms with E-state index in [1.54, 1.807) is 0 Å². The Balaban J connectivity index is 1.59. The zero-order valence-corrected chi connectivity index (χ0v) is 13.1. The molecule has 22 heavy (non-hydrogen) atoms. The fourth-order valence-corrected chi connectivity index (χ4v) is 3.34. The van der Waals surface area contributed by atoms with Gasteiger partial charge in [-0.25, -0.2) is 9.97 Å². The minimum atomic E-state index is 0.876. The maximum atomic E-state index is 4.56. The molecule has 4 nitrogen and oxygen atoms in total. The van der Waals surface area contributed by atoms with Crippen LogP contribution in [-0.2, 0) is 26.6 Å². The Morgan fingerprint density at radius 3 is 2.95 bits per heavy atom. The van der Waals surface area contributed by atoms with Crippen molar-refractivity contribution in [1.29, 1.82) is 0 Å². The average Bonchev–Trinajstić information content (AvgIpc) is 2.84. The molecule has 0 atom stereocenters. The Labute approximate surface area is 130 Å². The summed E-state index contributed by atoms with van der Waals surface area (Å²) in [6.07, 6.45) is 3.01. The predicted octanol–water partition coefficient (Wildman–Crippen LogP) is 2.84. The molecule has 2 aromatic heterocycles. The second-order valence-electron chi connectivity index (χ2n) is 6.10. The molecule has 0 spiro atoms. The van der Waals surface area contributed by atoms with Gasteiger partial charge >= 0.3 is 0 Å². The highest BCUT2D eigenvalue weighted by Gasteiger charge is 2.19. The third kappa shape index (κ3) is 2.29. The SMILES string of the molecule is Cc1ncc2c(n1)CCN(Cc1cc3ccccc3n1C)C2. The van der Waals surface area contributed by atoms with Gasteiger partial charge in [-0.3, -0.25) is 4.90 Å². The van der Waals surface area contributed by atoms with Gasteiger partial charge in [0.05, 0.1) is 0 Å². The van der Waals surface area contributed by atoms with Crippen molar-refractivity contribution in [1.82, 2.24) is 19.4 Å². The Morgan fingerprint density at radius 1 is 1.23 bits per heavy atom. The third-order valence-electron chi connectivity index (χ3n) is 4.57. The van der Waals surface area contributed by atoms with Crippen molar-refractivity contribution in [2.45, 2.75) is 26.4 Å². The molecule has 0 saturated carbocycles. The van der Waals surface area contributed by atoms with Crippen molar-refractivity contribution in [3.8, 4) is 0 Å². The van der Waals surface area contributed by atoms with E-state index in [0.29, 0.717) is 0 Å². The molecular formula is C18H20N4. The van der Waals surface area contributed by atoms with Gasteiger partial charge in [-0.15, -0.1) is 0 Å². The first kappa shape index (κ1) is 13.5. The van der Waals surface area contributed by atoms with Gasteiger partial charge in [-0.1, -0.05) is 18.2 Å². The zero-order valence-electron chi connectivity index (χ0n) is 13.1. The topological polar surface area (TPSA) is 34.0 Å². The molecule has 0 N–H and O–H groups in total. The fraction of sp³-hybridized carbons (Fsp3) is 0.333. The van der Waals surface area contributed by atoms with Crippen LogP contribution in [-0.4, -0.2) is 26.0 Å². The van der Waals surface area contributed by atoms with Gasteiger partial charge < -0.3 is 4.57 Å². The van der Waals surface area contributed by atoms with E-state index >= 15 is 0 Å². The molecule has 1 aliphatic rings. The molecule has 0 amide bonds. The molecule has 0 radical (unpaired) electrons. The number of aryl methyl sites for hydroxylation is 2. The first-order chi connectivity index (χ1) is 10.7. The maximum absolute atomic E-state index is 4.56. The lowest BCUT2D eigenvalue weighted by atomic mass is 10.1. The van der Waals surface area contributed by atoms with Crippen LogP contribution in [0.2, 0.25) is 0 Å². The molecule has 1 aliphatic heterocycles. The molecule has 0 unspecified atom stereocenters. The van der Waals surface area contributed by atoms with Gasteiger partial charge in [0, 0.05) is 61.8 Å². The van der Waals surface area contributed by atoms with Crippen LogP contribution in [0.1, 0.15) is 22.8 Å². The van der Waals surface area contributed by atoms with Crippen LogP contribution in [0.25, 0.3) is 10.9 Å². The van der Waals surface area contributed by atoms with E-state index in [4.69, 9.17) is 0 Å². The average molecular weight is 292 g/mol. The number of para-hydroxylation sites is 1. The van der Waals surface area contributed by atoms with E-state index < -0.39 is 0 Å². The number of rotatable bonds is 2. The standard InChI is InChI=1S/C18H20N4/c1-13-19-10-15-11-22(8-7-17(15)20-13)12-16-9-14-5-3-4-6-18(14)21(16)2/h3-6,9-10H,7-8,11-12H2,1-2H3. The monoisotopic (exact) mass is 292 g/mol. The lowest BCUT2D eigenvalue weighted by Gasteiger charge is -2.28. The second-order valence-corrected chi connectivity index (χ2v) is 6.10. The molecule has 112 valence electrons. The molecule has 4 heteroatoms. The van der Waals surface area contributed by atoms with Crippen molar-refractivity contribution in [2.75, 3.05) is 6.54 Å². The first-order valence-corrected chi connectivity index (χ1v) is 7.78. The predicted molar refractivity (Wildman–Crippen MR) is 87.5 cm³/mol. The molecule has 0 saturated heterocycles. The highest BCUT2D eigenvalue weighted by molar-refractivity contribution is 5.81. The van der Waals surface area contributed by atoms with E-state index in [2.05, 4.69) is 56.8 Å². The number of benzene rings is 1. The van der Waals surface area contributed by atoms with Gasteiger partial charge in [-0.05, 0) is 24.4 Å². The summed E-state index contributed by atoms with van der Waals surface area (Å²) in [6, 6.07) is 10.9. The Morgan fingerprint density at radius 2 is 2.09 bits per heavy atom. The van der Waals surface area contributed by atoms with Crippen molar-refractivity contribution >= 4 is 10.9 Å². The van der Waals surface area contributed by atoms with Crippen molar-refractivity contribution in [2.24, 2.45) is 7.05 Å². The Hall–Kier alpha value is -2.20. The van der Waals surface area contributed by atoms with Gasteiger partial charge in [0.2, 0.25) is 0 Å². The minimum Gasteiger partial charge on any atom is -0.346 e. The third-order valence-corrected chi connectivity index (χ3v) is 4.57. The van der Waals surface area contributed by atoms with Gasteiger partial charge in [0.25, 0.3) is 0 Å². The van der Waals surface area contributed by atoms with Gasteiger partial charge in [0.15, 0.2) is 0 Å². The van der Waals surface area contributed by atoms with E-state index in [9.17, 15) is 0 Å². The lowest BCUT2D eigenvalue weighted by Crippen LogP contribution is -2.31. The number of hydrogen-bond donors (Lipinski definition) is 0. The molecule has 0 aliphatic carbocycles. The van der Waals surface area contributed by atoms with Gasteiger partial charge in [-0.2, -0.15) is 0 Å². The van der Waals surface area contributed by atoms with Crippen LogP contribution < -0.4 is 0 Å². The fourth-order valence-electron chi connectivity index (χ4n) is 3.34. The molecule has 0 fully saturated rings. The van der Waals surface area contributed by atoms with Crippen molar-refractivity contribution in [3.05, 3.63) is 59.3 Å². The zero-order chi connectivity index (χ0) is 15.1. The number of aromatic nitrogens is 3. The summed E-state index contributed by atoms with van der Waals surface area (Å²) in [7, 11) is 2.15. The first-order valence-electron chi connectivity index (χ1n) is 7.78. The number of nitrogens with zero attached hydrogens (tertiary/aromatic N) is 4. The number of fused-ring (bicyclic) bond motifs is 2. The van der Waals surface area contributed by atoms with Crippen molar-refractivity contribution in [3.63, 3.8) is 0 Å². The smallest absolute Gasteiger partial charge is 0.125 e. The molecule has 1 aromatic carbocycles. The van der Waals surface area contributed by atoms with E-state index in [0.717, 1.165) is 31.9 Å². The summed E-state index contributed by atoms with van der Waals surface area (Å²) in [5.74, 6) is 0.876. The lowest BCUT2D eigenvalue weighted by molar-refractivity contribution is 0.238. The van der Waals surface area contributed by atoms with Crippen LogP contribution in [0.5, 0.6) is 0 Å². The minimum absolute atomic E-state index is 0.876. The Bertz CT molecular complexity index is 834. The number of hydrogen-bond acceptors (Lipinski definition) is 3. The second kappa shape index (κ2) is 5.21. The Kier molecular flexibility index (Phi) is 3.19. The van der Waals surface area contributed by atoms with Crippen LogP contribution in [0.15, 0.2) is 36.5 Å². The summed E-state index contributed by atoms with van der Waals surface area (Å²) >= 11 is 0. The van der Waals surface area contributed by atoms with Crippen LogP contribution in [0, 0.1) is 6.92 Å². The molecule has 0 bridgehead atoms. The molecular weight excluding hydrogens is 272 g/mol. The molecule has 4 rings (SSSR count). The highest BCUT2D eigenvalue weighted by Crippen LogP contribution is 2.22. The summed E-state index contributed by atoms with van der Waals surface area (Å²) in [5, 5.41) is 1.32. The molecule has 3 heterocycles. The maximum Gasteiger partial charge on any atom is 0.125 e. The highest BCUT2D eigenvalue weighted by atomic mass is 15.2. The van der Waals surface area contributed by atoms with Crippen LogP contribution in [0.4, 0.5) is 0 Å². The van der Waals surface area contributed by atoms with Crippen LogP contribution in [0.3, 0.4) is 0 Å².